The van der Waals surface area contributed by atoms with Crippen molar-refractivity contribution >= 4 is 22.5 Å². The second-order valence-corrected chi connectivity index (χ2v) is 5.99. The molecular formula is C18H22N2O. The summed E-state index contributed by atoms with van der Waals surface area (Å²) in [4.78, 5) is 14.6. The summed E-state index contributed by atoms with van der Waals surface area (Å²) < 4.78 is 0. The summed E-state index contributed by atoms with van der Waals surface area (Å²) in [5.41, 5.74) is 0.892. The molecular weight excluding hydrogens is 260 g/mol. The molecule has 2 aromatic carbocycles. The minimum absolute atomic E-state index is 0.0195. The van der Waals surface area contributed by atoms with Gasteiger partial charge in [0.1, 0.15) is 0 Å². The standard InChI is InChI=1S/C18H22N2O/c1-13-7-5-8-14(2)20(13)18(21)19-17-12-6-10-15-9-3-4-11-16(15)17/h3-4,6,9-14H,5,7-8H2,1-2H3,(H,19,21)/t13-,14+. The van der Waals surface area contributed by atoms with E-state index in [1.54, 1.807) is 0 Å². The lowest BCUT2D eigenvalue weighted by molar-refractivity contribution is 0.133. The van der Waals surface area contributed by atoms with Gasteiger partial charge in [-0.25, -0.2) is 4.79 Å². The first-order chi connectivity index (χ1) is 10.2. The molecule has 2 amide bonds. The molecule has 0 aliphatic carbocycles. The zero-order valence-corrected chi connectivity index (χ0v) is 12.7. The molecule has 0 radical (unpaired) electrons. The van der Waals surface area contributed by atoms with Crippen LogP contribution < -0.4 is 5.32 Å². The maximum atomic E-state index is 12.6. The highest BCUT2D eigenvalue weighted by Crippen LogP contribution is 2.26. The summed E-state index contributed by atoms with van der Waals surface area (Å²) >= 11 is 0. The van der Waals surface area contributed by atoms with Crippen LogP contribution in [-0.4, -0.2) is 23.0 Å². The Morgan fingerprint density at radius 3 is 2.48 bits per heavy atom. The Labute approximate surface area is 125 Å². The molecule has 1 saturated heterocycles. The van der Waals surface area contributed by atoms with E-state index in [1.165, 1.54) is 6.42 Å². The van der Waals surface area contributed by atoms with E-state index in [9.17, 15) is 4.79 Å². The highest BCUT2D eigenvalue weighted by Gasteiger charge is 2.29. The second-order valence-electron chi connectivity index (χ2n) is 5.99. The van der Waals surface area contributed by atoms with Gasteiger partial charge in [0.05, 0.1) is 5.69 Å². The summed E-state index contributed by atoms with van der Waals surface area (Å²) in [5.74, 6) is 0. The lowest BCUT2D eigenvalue weighted by Gasteiger charge is -2.39. The molecule has 0 spiro atoms. The van der Waals surface area contributed by atoms with Crippen molar-refractivity contribution in [3.63, 3.8) is 0 Å². The molecule has 0 bridgehead atoms. The summed E-state index contributed by atoms with van der Waals surface area (Å²) in [5, 5.41) is 5.34. The summed E-state index contributed by atoms with van der Waals surface area (Å²) in [6.07, 6.45) is 3.39. The van der Waals surface area contributed by atoms with Gasteiger partial charge in [-0.15, -0.1) is 0 Å². The number of rotatable bonds is 1. The van der Waals surface area contributed by atoms with Crippen LogP contribution in [-0.2, 0) is 0 Å². The summed E-state index contributed by atoms with van der Waals surface area (Å²) in [6.45, 7) is 4.27. The van der Waals surface area contributed by atoms with Crippen molar-refractivity contribution < 1.29 is 4.79 Å². The minimum Gasteiger partial charge on any atom is -0.319 e. The zero-order valence-electron chi connectivity index (χ0n) is 12.7. The summed E-state index contributed by atoms with van der Waals surface area (Å²) in [6, 6.07) is 14.8. The zero-order chi connectivity index (χ0) is 14.8. The van der Waals surface area contributed by atoms with Crippen LogP contribution in [0.15, 0.2) is 42.5 Å². The molecule has 3 rings (SSSR count). The van der Waals surface area contributed by atoms with Gasteiger partial charge in [0, 0.05) is 17.5 Å². The molecule has 1 aliphatic heterocycles. The predicted molar refractivity (Wildman–Crippen MR) is 87.6 cm³/mol. The molecule has 2 aromatic rings. The first kappa shape index (κ1) is 13.9. The van der Waals surface area contributed by atoms with Crippen LogP contribution >= 0.6 is 0 Å². The van der Waals surface area contributed by atoms with Crippen molar-refractivity contribution in [2.75, 3.05) is 5.32 Å². The van der Waals surface area contributed by atoms with Gasteiger partial charge in [-0.3, -0.25) is 0 Å². The van der Waals surface area contributed by atoms with E-state index in [-0.39, 0.29) is 6.03 Å². The maximum absolute atomic E-state index is 12.6. The Bertz CT molecular complexity index is 637. The molecule has 1 heterocycles. The number of amides is 2. The van der Waals surface area contributed by atoms with E-state index in [0.717, 1.165) is 29.3 Å². The molecule has 3 nitrogen and oxygen atoms in total. The smallest absolute Gasteiger partial charge is 0.319 e. The Morgan fingerprint density at radius 1 is 1.05 bits per heavy atom. The van der Waals surface area contributed by atoms with E-state index in [0.29, 0.717) is 12.1 Å². The highest BCUT2D eigenvalue weighted by atomic mass is 16.2. The number of fused-ring (bicyclic) bond motifs is 1. The fourth-order valence-electron chi connectivity index (χ4n) is 3.34. The number of nitrogens with zero attached hydrogens (tertiary/aromatic N) is 1. The molecule has 1 fully saturated rings. The number of carbonyl (C=O) groups excluding carboxylic acids is 1. The third-order valence-corrected chi connectivity index (χ3v) is 4.46. The van der Waals surface area contributed by atoms with Crippen LogP contribution in [0, 0.1) is 0 Å². The van der Waals surface area contributed by atoms with Crippen LogP contribution in [0.25, 0.3) is 10.8 Å². The van der Waals surface area contributed by atoms with E-state index >= 15 is 0 Å². The van der Waals surface area contributed by atoms with E-state index in [1.807, 2.05) is 35.2 Å². The van der Waals surface area contributed by atoms with Crippen LogP contribution in [0.1, 0.15) is 33.1 Å². The molecule has 110 valence electrons. The van der Waals surface area contributed by atoms with Gasteiger partial charge >= 0.3 is 6.03 Å². The minimum atomic E-state index is 0.0195. The van der Waals surface area contributed by atoms with E-state index in [4.69, 9.17) is 0 Å². The largest absolute Gasteiger partial charge is 0.322 e. The van der Waals surface area contributed by atoms with Gasteiger partial charge in [-0.2, -0.15) is 0 Å². The van der Waals surface area contributed by atoms with Gasteiger partial charge in [0.15, 0.2) is 0 Å². The first-order valence-electron chi connectivity index (χ1n) is 7.74. The van der Waals surface area contributed by atoms with Crippen LogP contribution in [0.3, 0.4) is 0 Å². The Morgan fingerprint density at radius 2 is 1.71 bits per heavy atom. The molecule has 3 heteroatoms. The van der Waals surface area contributed by atoms with Crippen molar-refractivity contribution in [3.8, 4) is 0 Å². The second kappa shape index (κ2) is 5.76. The van der Waals surface area contributed by atoms with Crippen molar-refractivity contribution in [1.29, 1.82) is 0 Å². The number of carbonyl (C=O) groups is 1. The van der Waals surface area contributed by atoms with E-state index < -0.39 is 0 Å². The lowest BCUT2D eigenvalue weighted by atomic mass is 9.98. The average Bonchev–Trinajstić information content (AvgIpc) is 2.47. The van der Waals surface area contributed by atoms with Gasteiger partial charge in [0.2, 0.25) is 0 Å². The highest BCUT2D eigenvalue weighted by molar-refractivity contribution is 6.01. The topological polar surface area (TPSA) is 32.3 Å². The van der Waals surface area contributed by atoms with Crippen LogP contribution in [0.4, 0.5) is 10.5 Å². The number of hydrogen-bond donors (Lipinski definition) is 1. The number of piperidine rings is 1. The molecule has 1 aliphatic rings. The third-order valence-electron chi connectivity index (χ3n) is 4.46. The van der Waals surface area contributed by atoms with Crippen molar-refractivity contribution in [2.24, 2.45) is 0 Å². The number of anilines is 1. The monoisotopic (exact) mass is 282 g/mol. The SMILES string of the molecule is C[C@@H]1CCC[C@H](C)N1C(=O)Nc1cccc2ccccc12. The number of likely N-dealkylation sites (tertiary alicyclic amines) is 1. The number of nitrogens with one attached hydrogen (secondary N) is 1. The normalized spacial score (nSPS) is 22.3. The predicted octanol–water partition coefficient (Wildman–Crippen LogP) is 4.63. The first-order valence-corrected chi connectivity index (χ1v) is 7.74. The fourth-order valence-corrected chi connectivity index (χ4v) is 3.34. The quantitative estimate of drug-likeness (QED) is 0.812. The third kappa shape index (κ3) is 2.73. The van der Waals surface area contributed by atoms with E-state index in [2.05, 4.69) is 31.3 Å². The number of hydrogen-bond acceptors (Lipinski definition) is 1. The molecule has 21 heavy (non-hydrogen) atoms. The van der Waals surface area contributed by atoms with Crippen molar-refractivity contribution in [2.45, 2.75) is 45.2 Å². The Hall–Kier alpha value is -2.03. The Kier molecular flexibility index (Phi) is 3.82. The average molecular weight is 282 g/mol. The Balaban J connectivity index is 1.86. The molecule has 0 unspecified atom stereocenters. The summed E-state index contributed by atoms with van der Waals surface area (Å²) in [7, 11) is 0. The fraction of sp³-hybridized carbons (Fsp3) is 0.389. The van der Waals surface area contributed by atoms with Crippen molar-refractivity contribution in [3.05, 3.63) is 42.5 Å². The number of urea groups is 1. The van der Waals surface area contributed by atoms with Gasteiger partial charge < -0.3 is 10.2 Å². The lowest BCUT2D eigenvalue weighted by Crippen LogP contribution is -2.49. The van der Waals surface area contributed by atoms with Crippen molar-refractivity contribution in [1.82, 2.24) is 4.90 Å². The van der Waals surface area contributed by atoms with Gasteiger partial charge in [0.25, 0.3) is 0 Å². The molecule has 0 saturated carbocycles. The molecule has 1 N–H and O–H groups in total. The van der Waals surface area contributed by atoms with Crippen LogP contribution in [0.2, 0.25) is 0 Å². The molecule has 2 atom stereocenters. The number of benzene rings is 2. The van der Waals surface area contributed by atoms with Crippen LogP contribution in [0.5, 0.6) is 0 Å². The maximum Gasteiger partial charge on any atom is 0.322 e. The molecule has 0 aromatic heterocycles. The van der Waals surface area contributed by atoms with Gasteiger partial charge in [-0.1, -0.05) is 36.4 Å². The van der Waals surface area contributed by atoms with Gasteiger partial charge in [-0.05, 0) is 44.6 Å².